The van der Waals surface area contributed by atoms with Gasteiger partial charge in [-0.15, -0.1) is 11.3 Å². The largest absolute Gasteiger partial charge is 0.322 e. The first kappa shape index (κ1) is 21.7. The van der Waals surface area contributed by atoms with E-state index < -0.39 is 5.91 Å². The number of hydrogen-bond donors (Lipinski definition) is 2. The van der Waals surface area contributed by atoms with Crippen LogP contribution in [-0.2, 0) is 6.54 Å². The summed E-state index contributed by atoms with van der Waals surface area (Å²) in [4.78, 5) is 31.0. The number of nitrogens with one attached hydrogen (secondary N) is 2. The van der Waals surface area contributed by atoms with Gasteiger partial charge in [0.15, 0.2) is 0 Å². The second-order valence-corrected chi connectivity index (χ2v) is 8.13. The lowest BCUT2D eigenvalue weighted by Crippen LogP contribution is -2.39. The fourth-order valence-corrected chi connectivity index (χ4v) is 3.57. The van der Waals surface area contributed by atoms with E-state index in [2.05, 4.69) is 15.6 Å². The van der Waals surface area contributed by atoms with Gasteiger partial charge in [-0.3, -0.25) is 4.79 Å². The van der Waals surface area contributed by atoms with Crippen molar-refractivity contribution in [1.82, 2.24) is 9.88 Å². The summed E-state index contributed by atoms with van der Waals surface area (Å²) in [7, 11) is 0. The molecule has 6 nitrogen and oxygen atoms in total. The number of aromatic nitrogens is 1. The summed E-state index contributed by atoms with van der Waals surface area (Å²) in [6, 6.07) is 12.0. The molecule has 1 heterocycles. The minimum atomic E-state index is -0.399. The van der Waals surface area contributed by atoms with Crippen molar-refractivity contribution in [1.29, 1.82) is 0 Å². The smallest absolute Gasteiger partial charge is 0.321 e. The molecule has 0 bridgehead atoms. The highest BCUT2D eigenvalue weighted by Crippen LogP contribution is 2.19. The van der Waals surface area contributed by atoms with Crippen LogP contribution in [0.15, 0.2) is 53.9 Å². The van der Waals surface area contributed by atoms with Crippen molar-refractivity contribution in [2.75, 3.05) is 10.6 Å². The van der Waals surface area contributed by atoms with Gasteiger partial charge in [-0.05, 0) is 56.3 Å². The second-order valence-electron chi connectivity index (χ2n) is 6.75. The van der Waals surface area contributed by atoms with Gasteiger partial charge in [-0.25, -0.2) is 14.2 Å². The molecule has 3 rings (SSSR count). The molecule has 0 saturated carbocycles. The molecule has 2 N–H and O–H groups in total. The quantitative estimate of drug-likeness (QED) is 0.515. The Morgan fingerprint density at radius 1 is 1.13 bits per heavy atom. The zero-order valence-corrected chi connectivity index (χ0v) is 17.9. The van der Waals surface area contributed by atoms with E-state index in [1.54, 1.807) is 34.5 Å². The lowest BCUT2D eigenvalue weighted by Gasteiger charge is -2.26. The Hall–Kier alpha value is -2.97. The lowest BCUT2D eigenvalue weighted by atomic mass is 10.3. The molecular formula is C21H20ClFN4O2S. The van der Waals surface area contributed by atoms with Crippen LogP contribution >= 0.6 is 22.9 Å². The van der Waals surface area contributed by atoms with E-state index in [0.717, 1.165) is 0 Å². The van der Waals surface area contributed by atoms with Crippen molar-refractivity contribution in [3.05, 3.63) is 75.5 Å². The topological polar surface area (TPSA) is 74.3 Å². The van der Waals surface area contributed by atoms with E-state index in [0.29, 0.717) is 21.4 Å². The number of thiazole rings is 1. The number of hydrogen-bond acceptors (Lipinski definition) is 4. The Morgan fingerprint density at radius 2 is 1.87 bits per heavy atom. The van der Waals surface area contributed by atoms with Crippen molar-refractivity contribution in [2.24, 2.45) is 0 Å². The van der Waals surface area contributed by atoms with Crippen LogP contribution in [0.1, 0.15) is 29.3 Å². The van der Waals surface area contributed by atoms with Gasteiger partial charge in [0.2, 0.25) is 0 Å². The van der Waals surface area contributed by atoms with Crippen molar-refractivity contribution in [2.45, 2.75) is 26.4 Å². The summed E-state index contributed by atoms with van der Waals surface area (Å²) in [6.45, 7) is 4.04. The summed E-state index contributed by atoms with van der Waals surface area (Å²) >= 11 is 7.26. The number of urea groups is 1. The fraction of sp³-hybridized carbons (Fsp3) is 0.190. The Labute approximate surface area is 182 Å². The van der Waals surface area contributed by atoms with Gasteiger partial charge in [0.25, 0.3) is 5.91 Å². The lowest BCUT2D eigenvalue weighted by molar-refractivity contribution is 0.102. The van der Waals surface area contributed by atoms with E-state index in [1.807, 2.05) is 13.8 Å². The zero-order valence-electron chi connectivity index (χ0n) is 16.4. The van der Waals surface area contributed by atoms with E-state index >= 15 is 0 Å². The van der Waals surface area contributed by atoms with E-state index in [9.17, 15) is 14.0 Å². The molecule has 0 atom stereocenters. The predicted molar refractivity (Wildman–Crippen MR) is 118 cm³/mol. The van der Waals surface area contributed by atoms with Crippen LogP contribution in [0.4, 0.5) is 20.6 Å². The van der Waals surface area contributed by atoms with Crippen LogP contribution in [0, 0.1) is 5.82 Å². The van der Waals surface area contributed by atoms with Crippen molar-refractivity contribution >= 4 is 46.3 Å². The minimum absolute atomic E-state index is 0.0930. The molecule has 0 aliphatic carbocycles. The van der Waals surface area contributed by atoms with Crippen molar-refractivity contribution in [3.63, 3.8) is 0 Å². The fourth-order valence-electron chi connectivity index (χ4n) is 2.61. The van der Waals surface area contributed by atoms with E-state index in [4.69, 9.17) is 11.6 Å². The number of halogens is 2. The Balaban J connectivity index is 1.66. The van der Waals surface area contributed by atoms with Crippen LogP contribution in [0.25, 0.3) is 0 Å². The van der Waals surface area contributed by atoms with Gasteiger partial charge in [-0.1, -0.05) is 17.7 Å². The third-order valence-corrected chi connectivity index (χ3v) is 5.22. The molecule has 2 aromatic carbocycles. The molecule has 3 aromatic rings. The van der Waals surface area contributed by atoms with E-state index in [1.165, 1.54) is 35.6 Å². The Kier molecular flexibility index (Phi) is 7.02. The molecule has 3 amide bonds. The van der Waals surface area contributed by atoms with Crippen LogP contribution in [-0.4, -0.2) is 27.9 Å². The van der Waals surface area contributed by atoms with Gasteiger partial charge in [0.05, 0.1) is 6.54 Å². The molecule has 0 aliphatic heterocycles. The highest BCUT2D eigenvalue weighted by molar-refractivity contribution is 7.09. The van der Waals surface area contributed by atoms with Crippen molar-refractivity contribution < 1.29 is 14.0 Å². The van der Waals surface area contributed by atoms with Gasteiger partial charge in [-0.2, -0.15) is 0 Å². The number of rotatable bonds is 6. The predicted octanol–water partition coefficient (Wildman–Crippen LogP) is 5.63. The summed E-state index contributed by atoms with van der Waals surface area (Å²) in [6.07, 6.45) is 0. The van der Waals surface area contributed by atoms with Gasteiger partial charge in [0, 0.05) is 27.8 Å². The SMILES string of the molecule is CC(C)N(Cc1nc(C(=O)Nc2ccc(F)cc2)cs1)C(=O)Nc1cccc(Cl)c1. The molecule has 156 valence electrons. The molecule has 0 spiro atoms. The monoisotopic (exact) mass is 446 g/mol. The number of amides is 3. The first-order valence-corrected chi connectivity index (χ1v) is 10.4. The Bertz CT molecular complexity index is 1040. The third-order valence-electron chi connectivity index (χ3n) is 4.15. The molecule has 1 aromatic heterocycles. The maximum atomic E-state index is 13.0. The second kappa shape index (κ2) is 9.69. The maximum Gasteiger partial charge on any atom is 0.322 e. The molecule has 30 heavy (non-hydrogen) atoms. The number of anilines is 2. The van der Waals surface area contributed by atoms with Gasteiger partial charge >= 0.3 is 6.03 Å². The van der Waals surface area contributed by atoms with Crippen LogP contribution < -0.4 is 10.6 Å². The Morgan fingerprint density at radius 3 is 2.53 bits per heavy atom. The summed E-state index contributed by atoms with van der Waals surface area (Å²) < 4.78 is 13.0. The average Bonchev–Trinajstić information content (AvgIpc) is 3.16. The summed E-state index contributed by atoms with van der Waals surface area (Å²) in [5.74, 6) is -0.780. The normalized spacial score (nSPS) is 10.7. The summed E-state index contributed by atoms with van der Waals surface area (Å²) in [5.41, 5.74) is 1.30. The number of carbonyl (C=O) groups excluding carboxylic acids is 2. The summed E-state index contributed by atoms with van der Waals surface area (Å²) in [5, 5.41) is 8.26. The first-order valence-electron chi connectivity index (χ1n) is 9.16. The molecular weight excluding hydrogens is 427 g/mol. The number of nitrogens with zero attached hydrogens (tertiary/aromatic N) is 2. The van der Waals surface area contributed by atoms with Crippen LogP contribution in [0.5, 0.6) is 0 Å². The third kappa shape index (κ3) is 5.77. The molecule has 9 heteroatoms. The maximum absolute atomic E-state index is 13.0. The van der Waals surface area contributed by atoms with Crippen LogP contribution in [0.3, 0.4) is 0 Å². The molecule has 0 unspecified atom stereocenters. The highest BCUT2D eigenvalue weighted by Gasteiger charge is 2.20. The number of carbonyl (C=O) groups is 2. The number of benzene rings is 2. The molecule has 0 radical (unpaired) electrons. The van der Waals surface area contributed by atoms with Gasteiger partial charge in [0.1, 0.15) is 16.5 Å². The molecule has 0 fully saturated rings. The standard InChI is InChI=1S/C21H20ClFN4O2S/c1-13(2)27(21(29)25-17-5-3-4-14(22)10-17)11-19-26-18(12-30-19)20(28)24-16-8-6-15(23)7-9-16/h3-10,12-13H,11H2,1-2H3,(H,24,28)(H,25,29). The van der Waals surface area contributed by atoms with Crippen LogP contribution in [0.2, 0.25) is 5.02 Å². The first-order chi connectivity index (χ1) is 14.3. The molecule has 0 aliphatic rings. The van der Waals surface area contributed by atoms with E-state index in [-0.39, 0.29) is 30.1 Å². The minimum Gasteiger partial charge on any atom is -0.321 e. The average molecular weight is 447 g/mol. The van der Waals surface area contributed by atoms with Gasteiger partial charge < -0.3 is 15.5 Å². The van der Waals surface area contributed by atoms with Crippen molar-refractivity contribution in [3.8, 4) is 0 Å². The highest BCUT2D eigenvalue weighted by atomic mass is 35.5. The zero-order chi connectivity index (χ0) is 21.7. The molecule has 0 saturated heterocycles.